The van der Waals surface area contributed by atoms with Gasteiger partial charge in [-0.25, -0.2) is 4.98 Å². The molecule has 0 bridgehead atoms. The summed E-state index contributed by atoms with van der Waals surface area (Å²) in [5.41, 5.74) is 0.777. The van der Waals surface area contributed by atoms with Crippen LogP contribution in [0.2, 0.25) is 5.15 Å². The standard InChI is InChI=1S/C17H12ClN3O2/c18-16-11-19-10-15(21-16)17(22)20-12-6-8-14(9-7-12)23-13-4-2-1-3-5-13/h1-11H,(H,20,22). The average Bonchev–Trinajstić information content (AvgIpc) is 2.57. The Morgan fingerprint density at radius 3 is 2.35 bits per heavy atom. The summed E-state index contributed by atoms with van der Waals surface area (Å²) in [6, 6.07) is 16.5. The fraction of sp³-hybridized carbons (Fsp3) is 0. The third-order valence-corrected chi connectivity index (χ3v) is 3.11. The lowest BCUT2D eigenvalue weighted by Crippen LogP contribution is -2.13. The number of ether oxygens (including phenoxy) is 1. The van der Waals surface area contributed by atoms with Crippen molar-refractivity contribution in [3.63, 3.8) is 0 Å². The molecule has 0 aliphatic carbocycles. The number of amides is 1. The molecule has 3 aromatic rings. The van der Waals surface area contributed by atoms with E-state index in [2.05, 4.69) is 15.3 Å². The lowest BCUT2D eigenvalue weighted by atomic mass is 10.3. The molecular weight excluding hydrogens is 314 g/mol. The van der Waals surface area contributed by atoms with Crippen molar-refractivity contribution < 1.29 is 9.53 Å². The molecule has 0 spiro atoms. The number of nitrogens with zero attached hydrogens (tertiary/aromatic N) is 2. The van der Waals surface area contributed by atoms with Crippen LogP contribution in [0.1, 0.15) is 10.5 Å². The minimum Gasteiger partial charge on any atom is -0.457 e. The predicted molar refractivity (Wildman–Crippen MR) is 88.0 cm³/mol. The Morgan fingerprint density at radius 2 is 1.65 bits per heavy atom. The van der Waals surface area contributed by atoms with Crippen LogP contribution in [-0.2, 0) is 0 Å². The molecule has 6 heteroatoms. The van der Waals surface area contributed by atoms with Gasteiger partial charge >= 0.3 is 0 Å². The quantitative estimate of drug-likeness (QED) is 0.781. The maximum atomic E-state index is 12.0. The third kappa shape index (κ3) is 4.05. The molecule has 0 aliphatic heterocycles. The molecule has 0 unspecified atom stereocenters. The van der Waals surface area contributed by atoms with Gasteiger partial charge in [-0.1, -0.05) is 29.8 Å². The SMILES string of the molecule is O=C(Nc1ccc(Oc2ccccc2)cc1)c1cncc(Cl)n1. The first-order valence-corrected chi connectivity index (χ1v) is 7.20. The molecule has 1 heterocycles. The highest BCUT2D eigenvalue weighted by Crippen LogP contribution is 2.22. The summed E-state index contributed by atoms with van der Waals surface area (Å²) in [6.45, 7) is 0. The van der Waals surface area contributed by atoms with Gasteiger partial charge in [-0.15, -0.1) is 0 Å². The van der Waals surface area contributed by atoms with Crippen molar-refractivity contribution in [2.24, 2.45) is 0 Å². The number of carbonyl (C=O) groups is 1. The van der Waals surface area contributed by atoms with Crippen LogP contribution in [-0.4, -0.2) is 15.9 Å². The Labute approximate surface area is 137 Å². The van der Waals surface area contributed by atoms with E-state index in [1.54, 1.807) is 24.3 Å². The number of rotatable bonds is 4. The summed E-state index contributed by atoms with van der Waals surface area (Å²) in [5, 5.41) is 2.89. The number of para-hydroxylation sites is 1. The average molecular weight is 326 g/mol. The summed E-state index contributed by atoms with van der Waals surface area (Å²) in [7, 11) is 0. The molecule has 0 atom stereocenters. The van der Waals surface area contributed by atoms with E-state index in [0.717, 1.165) is 5.75 Å². The zero-order valence-corrected chi connectivity index (χ0v) is 12.7. The Bertz CT molecular complexity index is 808. The number of anilines is 1. The molecule has 0 radical (unpaired) electrons. The minimum atomic E-state index is -0.378. The van der Waals surface area contributed by atoms with Crippen LogP contribution in [0.15, 0.2) is 67.0 Å². The molecule has 0 fully saturated rings. The fourth-order valence-electron chi connectivity index (χ4n) is 1.88. The van der Waals surface area contributed by atoms with E-state index in [1.807, 2.05) is 30.3 Å². The normalized spacial score (nSPS) is 10.1. The lowest BCUT2D eigenvalue weighted by Gasteiger charge is -2.08. The van der Waals surface area contributed by atoms with Gasteiger partial charge in [0.1, 0.15) is 22.3 Å². The molecule has 0 saturated carbocycles. The van der Waals surface area contributed by atoms with Gasteiger partial charge in [-0.3, -0.25) is 9.78 Å². The van der Waals surface area contributed by atoms with Crippen LogP contribution < -0.4 is 10.1 Å². The van der Waals surface area contributed by atoms with Crippen molar-refractivity contribution in [3.05, 3.63) is 77.8 Å². The van der Waals surface area contributed by atoms with Crippen LogP contribution in [0.3, 0.4) is 0 Å². The van der Waals surface area contributed by atoms with Crippen molar-refractivity contribution in [1.82, 2.24) is 9.97 Å². The number of hydrogen-bond donors (Lipinski definition) is 1. The predicted octanol–water partition coefficient (Wildman–Crippen LogP) is 4.17. The van der Waals surface area contributed by atoms with Gasteiger partial charge in [-0.2, -0.15) is 0 Å². The van der Waals surface area contributed by atoms with Gasteiger partial charge in [0.05, 0.1) is 12.4 Å². The smallest absolute Gasteiger partial charge is 0.275 e. The summed E-state index contributed by atoms with van der Waals surface area (Å²) in [4.78, 5) is 19.8. The van der Waals surface area contributed by atoms with E-state index in [9.17, 15) is 4.79 Å². The highest BCUT2D eigenvalue weighted by molar-refractivity contribution is 6.29. The van der Waals surface area contributed by atoms with E-state index >= 15 is 0 Å². The fourth-order valence-corrected chi connectivity index (χ4v) is 2.03. The summed E-state index contributed by atoms with van der Waals surface area (Å²) >= 11 is 5.72. The number of hydrogen-bond acceptors (Lipinski definition) is 4. The largest absolute Gasteiger partial charge is 0.457 e. The van der Waals surface area contributed by atoms with Gasteiger partial charge in [0.15, 0.2) is 0 Å². The van der Waals surface area contributed by atoms with Gasteiger partial charge in [0, 0.05) is 5.69 Å². The second-order valence-electron chi connectivity index (χ2n) is 4.62. The third-order valence-electron chi connectivity index (χ3n) is 2.93. The second kappa shape index (κ2) is 6.89. The monoisotopic (exact) mass is 325 g/mol. The number of carbonyl (C=O) groups excluding carboxylic acids is 1. The zero-order valence-electron chi connectivity index (χ0n) is 11.9. The van der Waals surface area contributed by atoms with E-state index in [1.165, 1.54) is 12.4 Å². The molecule has 0 aliphatic rings. The summed E-state index contributed by atoms with van der Waals surface area (Å²) in [6.07, 6.45) is 2.72. The molecule has 1 amide bonds. The first-order valence-electron chi connectivity index (χ1n) is 6.82. The number of benzene rings is 2. The van der Waals surface area contributed by atoms with Crippen molar-refractivity contribution in [3.8, 4) is 11.5 Å². The highest BCUT2D eigenvalue weighted by atomic mass is 35.5. The van der Waals surface area contributed by atoms with Crippen LogP contribution in [0.5, 0.6) is 11.5 Å². The van der Waals surface area contributed by atoms with Gasteiger partial charge < -0.3 is 10.1 Å². The van der Waals surface area contributed by atoms with Crippen molar-refractivity contribution in [1.29, 1.82) is 0 Å². The Hall–Kier alpha value is -2.92. The zero-order chi connectivity index (χ0) is 16.1. The van der Waals surface area contributed by atoms with E-state index < -0.39 is 0 Å². The summed E-state index contributed by atoms with van der Waals surface area (Å²) in [5.74, 6) is 1.05. The van der Waals surface area contributed by atoms with Crippen LogP contribution in [0.25, 0.3) is 0 Å². The molecule has 114 valence electrons. The molecule has 0 saturated heterocycles. The molecule has 3 rings (SSSR count). The maximum absolute atomic E-state index is 12.0. The maximum Gasteiger partial charge on any atom is 0.275 e. The molecule has 1 N–H and O–H groups in total. The Kier molecular flexibility index (Phi) is 4.49. The molecule has 1 aromatic heterocycles. The molecule has 23 heavy (non-hydrogen) atoms. The number of aromatic nitrogens is 2. The Morgan fingerprint density at radius 1 is 0.957 bits per heavy atom. The van der Waals surface area contributed by atoms with E-state index in [0.29, 0.717) is 11.4 Å². The topological polar surface area (TPSA) is 64.1 Å². The van der Waals surface area contributed by atoms with Crippen LogP contribution in [0.4, 0.5) is 5.69 Å². The first kappa shape index (κ1) is 15.0. The second-order valence-corrected chi connectivity index (χ2v) is 5.01. The lowest BCUT2D eigenvalue weighted by molar-refractivity contribution is 0.102. The molecule has 5 nitrogen and oxygen atoms in total. The Balaban J connectivity index is 1.67. The summed E-state index contributed by atoms with van der Waals surface area (Å²) < 4.78 is 5.69. The highest BCUT2D eigenvalue weighted by Gasteiger charge is 2.09. The van der Waals surface area contributed by atoms with E-state index in [4.69, 9.17) is 16.3 Å². The molecule has 2 aromatic carbocycles. The van der Waals surface area contributed by atoms with Gasteiger partial charge in [0.2, 0.25) is 0 Å². The van der Waals surface area contributed by atoms with Crippen molar-refractivity contribution >= 4 is 23.2 Å². The van der Waals surface area contributed by atoms with Crippen LogP contribution >= 0.6 is 11.6 Å². The van der Waals surface area contributed by atoms with Crippen molar-refractivity contribution in [2.75, 3.05) is 5.32 Å². The number of halogens is 1. The van der Waals surface area contributed by atoms with Crippen LogP contribution in [0, 0.1) is 0 Å². The van der Waals surface area contributed by atoms with Gasteiger partial charge in [0.25, 0.3) is 5.91 Å². The van der Waals surface area contributed by atoms with Gasteiger partial charge in [-0.05, 0) is 36.4 Å². The number of nitrogens with one attached hydrogen (secondary N) is 1. The minimum absolute atomic E-state index is 0.155. The molecular formula is C17H12ClN3O2. The van der Waals surface area contributed by atoms with Crippen molar-refractivity contribution in [2.45, 2.75) is 0 Å². The first-order chi connectivity index (χ1) is 11.2. The van der Waals surface area contributed by atoms with E-state index in [-0.39, 0.29) is 16.8 Å².